The fourth-order valence-corrected chi connectivity index (χ4v) is 1.03. The molecule has 1 heterocycles. The molecule has 13 heavy (non-hydrogen) atoms. The first kappa shape index (κ1) is 7.79. The summed E-state index contributed by atoms with van der Waals surface area (Å²) in [6.07, 6.45) is 1.31. The van der Waals surface area contributed by atoms with E-state index < -0.39 is 0 Å². The standard InChI is InChI=1S/C9H8N3O/c1-10-8-4-2-7(3-5-8)9-12-11-6-13-9/h2-6,10H,1H2. The van der Waals surface area contributed by atoms with Crippen molar-refractivity contribution < 1.29 is 4.42 Å². The number of nitrogens with one attached hydrogen (secondary N) is 1. The highest BCUT2D eigenvalue weighted by Crippen LogP contribution is 2.18. The second-order valence-electron chi connectivity index (χ2n) is 2.50. The van der Waals surface area contributed by atoms with Gasteiger partial charge in [0.15, 0.2) is 0 Å². The summed E-state index contributed by atoms with van der Waals surface area (Å²) in [5.74, 6) is 0.524. The first-order chi connectivity index (χ1) is 6.40. The van der Waals surface area contributed by atoms with Gasteiger partial charge >= 0.3 is 0 Å². The van der Waals surface area contributed by atoms with Gasteiger partial charge in [-0.15, -0.1) is 10.2 Å². The summed E-state index contributed by atoms with van der Waals surface area (Å²) in [5, 5.41) is 10.2. The van der Waals surface area contributed by atoms with Gasteiger partial charge in [0.1, 0.15) is 0 Å². The number of nitrogens with zero attached hydrogens (tertiary/aromatic N) is 2. The van der Waals surface area contributed by atoms with Crippen LogP contribution in [0.3, 0.4) is 0 Å². The van der Waals surface area contributed by atoms with Crippen LogP contribution in [0.2, 0.25) is 0 Å². The molecule has 0 amide bonds. The van der Waals surface area contributed by atoms with E-state index in [0.717, 1.165) is 11.3 Å². The van der Waals surface area contributed by atoms with Gasteiger partial charge in [-0.2, -0.15) is 0 Å². The van der Waals surface area contributed by atoms with Crippen LogP contribution in [0.4, 0.5) is 5.69 Å². The Morgan fingerprint density at radius 1 is 1.23 bits per heavy atom. The van der Waals surface area contributed by atoms with Gasteiger partial charge in [-0.1, -0.05) is 0 Å². The average molecular weight is 174 g/mol. The molecule has 4 nitrogen and oxygen atoms in total. The SMILES string of the molecule is [CH2]Nc1ccc(-c2nnco2)cc1. The van der Waals surface area contributed by atoms with Crippen LogP contribution in [0.1, 0.15) is 0 Å². The maximum Gasteiger partial charge on any atom is 0.247 e. The first-order valence-electron chi connectivity index (χ1n) is 3.80. The van der Waals surface area contributed by atoms with Gasteiger partial charge in [0.2, 0.25) is 12.3 Å². The number of anilines is 1. The van der Waals surface area contributed by atoms with E-state index in [2.05, 4.69) is 22.6 Å². The fraction of sp³-hybridized carbons (Fsp3) is 0. The maximum atomic E-state index is 5.03. The minimum atomic E-state index is 0.524. The first-order valence-corrected chi connectivity index (χ1v) is 3.80. The van der Waals surface area contributed by atoms with E-state index in [0.29, 0.717) is 5.89 Å². The van der Waals surface area contributed by atoms with Crippen LogP contribution < -0.4 is 5.32 Å². The molecule has 0 saturated carbocycles. The Labute approximate surface area is 75.6 Å². The number of hydrogen-bond donors (Lipinski definition) is 1. The fourth-order valence-electron chi connectivity index (χ4n) is 1.03. The van der Waals surface area contributed by atoms with Crippen molar-refractivity contribution >= 4 is 5.69 Å². The molecule has 0 aliphatic carbocycles. The van der Waals surface area contributed by atoms with Gasteiger partial charge in [-0.3, -0.25) is 0 Å². The van der Waals surface area contributed by atoms with E-state index in [1.54, 1.807) is 0 Å². The van der Waals surface area contributed by atoms with E-state index in [4.69, 9.17) is 4.42 Å². The number of benzene rings is 1. The van der Waals surface area contributed by atoms with Crippen LogP contribution in [-0.4, -0.2) is 10.2 Å². The van der Waals surface area contributed by atoms with Crippen LogP contribution in [-0.2, 0) is 0 Å². The number of rotatable bonds is 2. The van der Waals surface area contributed by atoms with Crippen LogP contribution >= 0.6 is 0 Å². The monoisotopic (exact) mass is 174 g/mol. The molecule has 2 aromatic rings. The molecule has 0 aliphatic heterocycles. The van der Waals surface area contributed by atoms with E-state index in [-0.39, 0.29) is 0 Å². The Morgan fingerprint density at radius 2 is 2.00 bits per heavy atom. The molecule has 4 heteroatoms. The third-order valence-corrected chi connectivity index (χ3v) is 1.70. The summed E-state index contributed by atoms with van der Waals surface area (Å²) in [6.45, 7) is 0. The minimum Gasteiger partial charge on any atom is -0.423 e. The van der Waals surface area contributed by atoms with Crippen LogP contribution in [0, 0.1) is 7.05 Å². The van der Waals surface area contributed by atoms with Crippen molar-refractivity contribution in [1.29, 1.82) is 0 Å². The van der Waals surface area contributed by atoms with Crippen LogP contribution in [0.25, 0.3) is 11.5 Å². The van der Waals surface area contributed by atoms with E-state index in [1.165, 1.54) is 6.39 Å². The third-order valence-electron chi connectivity index (χ3n) is 1.70. The van der Waals surface area contributed by atoms with Gasteiger partial charge in [0, 0.05) is 18.3 Å². The molecule has 65 valence electrons. The largest absolute Gasteiger partial charge is 0.423 e. The molecule has 0 fully saturated rings. The maximum absolute atomic E-state index is 5.03. The van der Waals surface area contributed by atoms with Crippen molar-refractivity contribution in [1.82, 2.24) is 10.2 Å². The zero-order valence-electron chi connectivity index (χ0n) is 6.90. The topological polar surface area (TPSA) is 51.0 Å². The molecule has 0 bridgehead atoms. The minimum absolute atomic E-state index is 0.524. The smallest absolute Gasteiger partial charge is 0.247 e. The molecular weight excluding hydrogens is 166 g/mol. The molecule has 1 N–H and O–H groups in total. The van der Waals surface area contributed by atoms with Gasteiger partial charge in [0.05, 0.1) is 0 Å². The van der Waals surface area contributed by atoms with Gasteiger partial charge in [-0.25, -0.2) is 0 Å². The van der Waals surface area contributed by atoms with Crippen molar-refractivity contribution in [3.05, 3.63) is 37.7 Å². The predicted molar refractivity (Wildman–Crippen MR) is 48.7 cm³/mol. The zero-order chi connectivity index (χ0) is 9.10. The highest BCUT2D eigenvalue weighted by molar-refractivity contribution is 5.58. The lowest BCUT2D eigenvalue weighted by Crippen LogP contribution is -1.84. The van der Waals surface area contributed by atoms with Crippen molar-refractivity contribution in [3.63, 3.8) is 0 Å². The summed E-state index contributed by atoms with van der Waals surface area (Å²) in [4.78, 5) is 0. The second-order valence-corrected chi connectivity index (χ2v) is 2.50. The van der Waals surface area contributed by atoms with Gasteiger partial charge in [-0.05, 0) is 24.3 Å². The van der Waals surface area contributed by atoms with Crippen molar-refractivity contribution in [2.24, 2.45) is 0 Å². The number of aromatic nitrogens is 2. The summed E-state index contributed by atoms with van der Waals surface area (Å²) >= 11 is 0. The van der Waals surface area contributed by atoms with Crippen molar-refractivity contribution in [2.45, 2.75) is 0 Å². The molecule has 0 spiro atoms. The molecule has 2 rings (SSSR count). The lowest BCUT2D eigenvalue weighted by Gasteiger charge is -1.98. The van der Waals surface area contributed by atoms with Crippen molar-refractivity contribution in [2.75, 3.05) is 5.32 Å². The molecule has 0 aliphatic rings. The van der Waals surface area contributed by atoms with Gasteiger partial charge < -0.3 is 9.73 Å². The Morgan fingerprint density at radius 3 is 2.54 bits per heavy atom. The Hall–Kier alpha value is -1.84. The lowest BCUT2D eigenvalue weighted by atomic mass is 10.2. The normalized spacial score (nSPS) is 9.92. The molecule has 0 unspecified atom stereocenters. The summed E-state index contributed by atoms with van der Waals surface area (Å²) in [6, 6.07) is 7.57. The highest BCUT2D eigenvalue weighted by atomic mass is 16.4. The predicted octanol–water partition coefficient (Wildman–Crippen LogP) is 1.94. The quantitative estimate of drug-likeness (QED) is 0.755. The van der Waals surface area contributed by atoms with Gasteiger partial charge in [0.25, 0.3) is 0 Å². The molecule has 0 saturated heterocycles. The summed E-state index contributed by atoms with van der Waals surface area (Å²) in [5.41, 5.74) is 1.85. The highest BCUT2D eigenvalue weighted by Gasteiger charge is 2.01. The summed E-state index contributed by atoms with van der Waals surface area (Å²) < 4.78 is 5.03. The van der Waals surface area contributed by atoms with E-state index in [9.17, 15) is 0 Å². The average Bonchev–Trinajstić information content (AvgIpc) is 2.71. The molecule has 1 aromatic carbocycles. The Kier molecular flexibility index (Phi) is 1.96. The molecule has 1 aromatic heterocycles. The lowest BCUT2D eigenvalue weighted by molar-refractivity contribution is 0.568. The van der Waals surface area contributed by atoms with Crippen LogP contribution in [0.15, 0.2) is 35.1 Å². The van der Waals surface area contributed by atoms with Crippen LogP contribution in [0.5, 0.6) is 0 Å². The zero-order valence-corrected chi connectivity index (χ0v) is 6.90. The Bertz CT molecular complexity index is 366. The Balaban J connectivity index is 2.33. The van der Waals surface area contributed by atoms with E-state index in [1.807, 2.05) is 24.3 Å². The number of hydrogen-bond acceptors (Lipinski definition) is 4. The molecule has 1 radical (unpaired) electrons. The second kappa shape index (κ2) is 3.26. The van der Waals surface area contributed by atoms with E-state index >= 15 is 0 Å². The summed E-state index contributed by atoms with van der Waals surface area (Å²) in [7, 11) is 3.55. The molecule has 0 atom stereocenters. The van der Waals surface area contributed by atoms with Crippen molar-refractivity contribution in [3.8, 4) is 11.5 Å². The third kappa shape index (κ3) is 1.51. The molecular formula is C9H8N3O.